The molecule has 9 heteroatoms. The quantitative estimate of drug-likeness (QED) is 0.731. The van der Waals surface area contributed by atoms with Crippen LogP contribution in [0.4, 0.5) is 11.4 Å². The van der Waals surface area contributed by atoms with Crippen LogP contribution in [0.1, 0.15) is 24.0 Å². The Labute approximate surface area is 186 Å². The maximum Gasteiger partial charge on any atom is 0.243 e. The Kier molecular flexibility index (Phi) is 6.09. The molecule has 0 unspecified atom stereocenters. The smallest absolute Gasteiger partial charge is 0.243 e. The number of carbonyl (C=O) groups is 2. The minimum absolute atomic E-state index is 0.0717. The number of hydrogen-bond donors (Lipinski definition) is 2. The summed E-state index contributed by atoms with van der Waals surface area (Å²) in [5.41, 5.74) is 3.46. The molecule has 2 aromatic carbocycles. The molecule has 0 atom stereocenters. The van der Waals surface area contributed by atoms with Gasteiger partial charge in [0.2, 0.25) is 21.8 Å². The van der Waals surface area contributed by atoms with E-state index in [4.69, 9.17) is 0 Å². The highest BCUT2D eigenvalue weighted by Crippen LogP contribution is 2.34. The summed E-state index contributed by atoms with van der Waals surface area (Å²) in [7, 11) is -3.69. The molecule has 4 rings (SSSR count). The molecule has 1 fully saturated rings. The van der Waals surface area contributed by atoms with Gasteiger partial charge < -0.3 is 10.6 Å². The van der Waals surface area contributed by atoms with Crippen LogP contribution in [0.2, 0.25) is 0 Å². The third-order valence-corrected chi connectivity index (χ3v) is 8.65. The van der Waals surface area contributed by atoms with E-state index in [0.29, 0.717) is 24.3 Å². The molecule has 0 spiro atoms. The van der Waals surface area contributed by atoms with E-state index in [0.717, 1.165) is 21.7 Å². The third-order valence-electron chi connectivity index (χ3n) is 5.69. The summed E-state index contributed by atoms with van der Waals surface area (Å²) in [6.07, 6.45) is 0.932. The van der Waals surface area contributed by atoms with Crippen molar-refractivity contribution in [2.24, 2.45) is 5.92 Å². The van der Waals surface area contributed by atoms with Crippen LogP contribution < -0.4 is 10.6 Å². The van der Waals surface area contributed by atoms with Gasteiger partial charge >= 0.3 is 0 Å². The Morgan fingerprint density at radius 1 is 1.13 bits per heavy atom. The number of amides is 2. The van der Waals surface area contributed by atoms with Crippen molar-refractivity contribution >= 4 is 45.0 Å². The summed E-state index contributed by atoms with van der Waals surface area (Å²) in [5, 5.41) is 5.71. The molecule has 0 aromatic heterocycles. The second-order valence-electron chi connectivity index (χ2n) is 7.98. The number of nitrogens with zero attached hydrogens (tertiary/aromatic N) is 1. The molecule has 2 amide bonds. The van der Waals surface area contributed by atoms with Crippen LogP contribution in [0.25, 0.3) is 0 Å². The van der Waals surface area contributed by atoms with Crippen molar-refractivity contribution < 1.29 is 18.0 Å². The van der Waals surface area contributed by atoms with Crippen molar-refractivity contribution in [1.82, 2.24) is 4.31 Å². The number of hydrogen-bond acceptors (Lipinski definition) is 5. The van der Waals surface area contributed by atoms with E-state index in [2.05, 4.69) is 10.6 Å². The van der Waals surface area contributed by atoms with Gasteiger partial charge in [-0.15, -0.1) is 11.8 Å². The summed E-state index contributed by atoms with van der Waals surface area (Å²) in [6, 6.07) is 10.7. The second kappa shape index (κ2) is 8.64. The molecule has 31 heavy (non-hydrogen) atoms. The summed E-state index contributed by atoms with van der Waals surface area (Å²) >= 11 is 1.39. The molecular weight excluding hydrogens is 434 g/mol. The van der Waals surface area contributed by atoms with Gasteiger partial charge in [-0.05, 0) is 56.5 Å². The molecule has 2 aromatic rings. The Bertz CT molecular complexity index is 1140. The Morgan fingerprint density at radius 3 is 2.58 bits per heavy atom. The van der Waals surface area contributed by atoms with Crippen LogP contribution in [0.15, 0.2) is 46.2 Å². The summed E-state index contributed by atoms with van der Waals surface area (Å²) in [4.78, 5) is 25.3. The fourth-order valence-electron chi connectivity index (χ4n) is 3.92. The number of carbonyl (C=O) groups excluding carboxylic acids is 2. The third kappa shape index (κ3) is 4.63. The van der Waals surface area contributed by atoms with E-state index in [1.54, 1.807) is 12.1 Å². The first-order chi connectivity index (χ1) is 14.7. The van der Waals surface area contributed by atoms with Gasteiger partial charge in [-0.2, -0.15) is 4.31 Å². The Hall–Kier alpha value is -2.36. The average Bonchev–Trinajstić information content (AvgIpc) is 2.75. The molecule has 7 nitrogen and oxygen atoms in total. The predicted octanol–water partition coefficient (Wildman–Crippen LogP) is 3.39. The monoisotopic (exact) mass is 459 g/mol. The van der Waals surface area contributed by atoms with Gasteiger partial charge in [0.25, 0.3) is 0 Å². The van der Waals surface area contributed by atoms with Gasteiger partial charge in [-0.1, -0.05) is 17.7 Å². The molecule has 2 heterocycles. The van der Waals surface area contributed by atoms with Crippen molar-refractivity contribution in [3.8, 4) is 0 Å². The zero-order valence-corrected chi connectivity index (χ0v) is 19.1. The van der Waals surface area contributed by atoms with Crippen LogP contribution in [-0.4, -0.2) is 43.4 Å². The van der Waals surface area contributed by atoms with E-state index in [1.165, 1.54) is 22.1 Å². The molecule has 0 aliphatic carbocycles. The molecule has 2 aliphatic rings. The summed E-state index contributed by atoms with van der Waals surface area (Å²) in [6.45, 7) is 4.53. The standard InChI is InChI=1S/C22H25N3O4S2/c1-14-3-5-18(15(2)11-14)24-22(27)16-7-9-25(10-8-16)31(28,29)17-4-6-20-19(12-17)23-21(26)13-30-20/h3-6,11-12,16H,7-10,13H2,1-2H3,(H,23,26)(H,24,27). The van der Waals surface area contributed by atoms with Crippen molar-refractivity contribution in [3.05, 3.63) is 47.5 Å². The lowest BCUT2D eigenvalue weighted by Gasteiger charge is -2.31. The number of anilines is 2. The number of thioether (sulfide) groups is 1. The van der Waals surface area contributed by atoms with Crippen LogP contribution in [0.3, 0.4) is 0 Å². The number of rotatable bonds is 4. The molecule has 0 saturated carbocycles. The van der Waals surface area contributed by atoms with Gasteiger partial charge in [-0.25, -0.2) is 8.42 Å². The zero-order valence-electron chi connectivity index (χ0n) is 17.5. The first-order valence-corrected chi connectivity index (χ1v) is 12.6. The van der Waals surface area contributed by atoms with Crippen molar-refractivity contribution in [2.75, 3.05) is 29.5 Å². The minimum Gasteiger partial charge on any atom is -0.326 e. The topological polar surface area (TPSA) is 95.6 Å². The van der Waals surface area contributed by atoms with Crippen LogP contribution >= 0.6 is 11.8 Å². The highest BCUT2D eigenvalue weighted by molar-refractivity contribution is 8.00. The lowest BCUT2D eigenvalue weighted by Crippen LogP contribution is -2.41. The van der Waals surface area contributed by atoms with Crippen molar-refractivity contribution in [3.63, 3.8) is 0 Å². The van der Waals surface area contributed by atoms with Gasteiger partial charge in [0.1, 0.15) is 0 Å². The number of fused-ring (bicyclic) bond motifs is 1. The lowest BCUT2D eigenvalue weighted by molar-refractivity contribution is -0.121. The molecular formula is C22H25N3O4S2. The summed E-state index contributed by atoms with van der Waals surface area (Å²) in [5.74, 6) is -0.108. The molecule has 1 saturated heterocycles. The maximum absolute atomic E-state index is 13.1. The first kappa shape index (κ1) is 21.9. The van der Waals surface area contributed by atoms with Gasteiger partial charge in [-0.3, -0.25) is 9.59 Å². The number of nitrogens with one attached hydrogen (secondary N) is 2. The first-order valence-electron chi connectivity index (χ1n) is 10.2. The highest BCUT2D eigenvalue weighted by Gasteiger charge is 2.33. The normalized spacial score (nSPS) is 17.7. The maximum atomic E-state index is 13.1. The van der Waals surface area contributed by atoms with Crippen molar-refractivity contribution in [2.45, 2.75) is 36.5 Å². The number of aryl methyl sites for hydroxylation is 2. The van der Waals surface area contributed by atoms with E-state index in [9.17, 15) is 18.0 Å². The largest absolute Gasteiger partial charge is 0.326 e. The van der Waals surface area contributed by atoms with Gasteiger partial charge in [0.15, 0.2) is 0 Å². The number of piperidine rings is 1. The van der Waals surface area contributed by atoms with Crippen LogP contribution in [0.5, 0.6) is 0 Å². The molecule has 164 valence electrons. The van der Waals surface area contributed by atoms with Gasteiger partial charge in [0.05, 0.1) is 16.3 Å². The second-order valence-corrected chi connectivity index (χ2v) is 10.9. The fourth-order valence-corrected chi connectivity index (χ4v) is 6.20. The Balaban J connectivity index is 1.41. The average molecular weight is 460 g/mol. The molecule has 2 aliphatic heterocycles. The molecule has 2 N–H and O–H groups in total. The van der Waals surface area contributed by atoms with Crippen LogP contribution in [0, 0.1) is 19.8 Å². The van der Waals surface area contributed by atoms with E-state index >= 15 is 0 Å². The van der Waals surface area contributed by atoms with E-state index in [1.807, 2.05) is 32.0 Å². The number of benzene rings is 2. The number of sulfonamides is 1. The molecule has 0 radical (unpaired) electrons. The Morgan fingerprint density at radius 2 is 1.87 bits per heavy atom. The lowest BCUT2D eigenvalue weighted by atomic mass is 9.97. The highest BCUT2D eigenvalue weighted by atomic mass is 32.2. The van der Waals surface area contributed by atoms with Crippen LogP contribution in [-0.2, 0) is 19.6 Å². The van der Waals surface area contributed by atoms with Gasteiger partial charge in [0, 0.05) is 29.6 Å². The zero-order chi connectivity index (χ0) is 22.2. The SMILES string of the molecule is Cc1ccc(NC(=O)C2CCN(S(=O)(=O)c3ccc4c(c3)NC(=O)CS4)CC2)c(C)c1. The molecule has 0 bridgehead atoms. The fraction of sp³-hybridized carbons (Fsp3) is 0.364. The minimum atomic E-state index is -3.69. The van der Waals surface area contributed by atoms with E-state index < -0.39 is 10.0 Å². The predicted molar refractivity (Wildman–Crippen MR) is 122 cm³/mol. The van der Waals surface area contributed by atoms with E-state index in [-0.39, 0.29) is 35.7 Å². The summed E-state index contributed by atoms with van der Waals surface area (Å²) < 4.78 is 27.6. The van der Waals surface area contributed by atoms with Crippen molar-refractivity contribution in [1.29, 1.82) is 0 Å².